The SMILES string of the molecule is OC(c1cccnc1)C(F)(F)c1cccc(Cl)c1. The Morgan fingerprint density at radius 1 is 1.22 bits per heavy atom. The van der Waals surface area contributed by atoms with Gasteiger partial charge in [0, 0.05) is 28.5 Å². The lowest BCUT2D eigenvalue weighted by molar-refractivity contribution is -0.118. The van der Waals surface area contributed by atoms with Crippen molar-refractivity contribution in [2.45, 2.75) is 12.0 Å². The average Bonchev–Trinajstić information content (AvgIpc) is 2.39. The molecule has 94 valence electrons. The summed E-state index contributed by atoms with van der Waals surface area (Å²) >= 11 is 5.67. The maximum absolute atomic E-state index is 14.1. The van der Waals surface area contributed by atoms with Crippen LogP contribution in [0.15, 0.2) is 48.8 Å². The normalized spacial score (nSPS) is 13.3. The molecule has 0 amide bonds. The summed E-state index contributed by atoms with van der Waals surface area (Å²) in [5, 5.41) is 9.96. The zero-order valence-corrected chi connectivity index (χ0v) is 9.98. The van der Waals surface area contributed by atoms with E-state index in [2.05, 4.69) is 4.98 Å². The molecule has 1 heterocycles. The highest BCUT2D eigenvalue weighted by atomic mass is 35.5. The molecule has 1 aromatic heterocycles. The number of rotatable bonds is 3. The predicted molar refractivity (Wildman–Crippen MR) is 64.5 cm³/mol. The third kappa shape index (κ3) is 2.49. The first-order valence-corrected chi connectivity index (χ1v) is 5.61. The minimum atomic E-state index is -3.42. The largest absolute Gasteiger partial charge is 0.382 e. The van der Waals surface area contributed by atoms with Crippen LogP contribution in [0.4, 0.5) is 8.78 Å². The molecule has 0 aliphatic rings. The van der Waals surface area contributed by atoms with E-state index in [1.807, 2.05) is 0 Å². The number of aliphatic hydroxyl groups excluding tert-OH is 1. The second-order valence-electron chi connectivity index (χ2n) is 3.82. The zero-order valence-electron chi connectivity index (χ0n) is 9.22. The first-order chi connectivity index (χ1) is 8.51. The van der Waals surface area contributed by atoms with Gasteiger partial charge in [-0.1, -0.05) is 29.8 Å². The fourth-order valence-electron chi connectivity index (χ4n) is 1.60. The molecule has 0 fully saturated rings. The highest BCUT2D eigenvalue weighted by molar-refractivity contribution is 6.30. The van der Waals surface area contributed by atoms with Gasteiger partial charge in [-0.25, -0.2) is 0 Å². The Bertz CT molecular complexity index is 534. The Kier molecular flexibility index (Phi) is 3.59. The molecule has 18 heavy (non-hydrogen) atoms. The van der Waals surface area contributed by atoms with Crippen LogP contribution in [-0.4, -0.2) is 10.1 Å². The molecule has 2 nitrogen and oxygen atoms in total. The molecule has 2 aromatic rings. The standard InChI is InChI=1S/C13H10ClF2NO/c14-11-5-1-4-10(7-11)13(15,16)12(18)9-3-2-6-17-8-9/h1-8,12,18H. The summed E-state index contributed by atoms with van der Waals surface area (Å²) in [6.45, 7) is 0. The molecule has 1 N–H and O–H groups in total. The lowest BCUT2D eigenvalue weighted by Gasteiger charge is -2.23. The summed E-state index contributed by atoms with van der Waals surface area (Å²) in [5.41, 5.74) is -0.270. The number of hydrogen-bond donors (Lipinski definition) is 1. The second kappa shape index (κ2) is 5.00. The van der Waals surface area contributed by atoms with Gasteiger partial charge < -0.3 is 5.11 Å². The molecule has 0 aliphatic carbocycles. The Labute approximate surface area is 108 Å². The first kappa shape index (κ1) is 12.9. The van der Waals surface area contributed by atoms with Crippen LogP contribution in [0.1, 0.15) is 17.2 Å². The molecule has 1 unspecified atom stereocenters. The van der Waals surface area contributed by atoms with Crippen molar-refractivity contribution in [3.63, 3.8) is 0 Å². The second-order valence-corrected chi connectivity index (χ2v) is 4.26. The van der Waals surface area contributed by atoms with Gasteiger partial charge in [-0.15, -0.1) is 0 Å². The van der Waals surface area contributed by atoms with E-state index in [4.69, 9.17) is 11.6 Å². The van der Waals surface area contributed by atoms with Gasteiger partial charge in [0.05, 0.1) is 0 Å². The maximum Gasteiger partial charge on any atom is 0.302 e. The van der Waals surface area contributed by atoms with Gasteiger partial charge in [0.1, 0.15) is 6.10 Å². The van der Waals surface area contributed by atoms with Crippen LogP contribution in [0, 0.1) is 0 Å². The zero-order chi connectivity index (χ0) is 13.2. The van der Waals surface area contributed by atoms with Gasteiger partial charge in [-0.05, 0) is 18.2 Å². The van der Waals surface area contributed by atoms with Crippen molar-refractivity contribution in [3.8, 4) is 0 Å². The molecule has 0 saturated heterocycles. The fourth-order valence-corrected chi connectivity index (χ4v) is 1.79. The monoisotopic (exact) mass is 269 g/mol. The molecular formula is C13H10ClF2NO. The lowest BCUT2D eigenvalue weighted by atomic mass is 9.98. The van der Waals surface area contributed by atoms with Crippen molar-refractivity contribution in [2.75, 3.05) is 0 Å². The van der Waals surface area contributed by atoms with Gasteiger partial charge in [0.15, 0.2) is 0 Å². The van der Waals surface area contributed by atoms with Crippen molar-refractivity contribution < 1.29 is 13.9 Å². The van der Waals surface area contributed by atoms with E-state index >= 15 is 0 Å². The summed E-state index contributed by atoms with van der Waals surface area (Å²) in [5.74, 6) is -3.42. The van der Waals surface area contributed by atoms with E-state index in [0.29, 0.717) is 0 Å². The van der Waals surface area contributed by atoms with Gasteiger partial charge >= 0.3 is 5.92 Å². The van der Waals surface area contributed by atoms with Crippen molar-refractivity contribution in [2.24, 2.45) is 0 Å². The highest BCUT2D eigenvalue weighted by Crippen LogP contribution is 2.40. The molecule has 0 aliphatic heterocycles. The third-order valence-electron chi connectivity index (χ3n) is 2.55. The van der Waals surface area contributed by atoms with Crippen molar-refractivity contribution in [1.29, 1.82) is 0 Å². The molecule has 0 spiro atoms. The van der Waals surface area contributed by atoms with Gasteiger partial charge in [0.2, 0.25) is 0 Å². The maximum atomic E-state index is 14.1. The minimum absolute atomic E-state index is 0.0578. The number of hydrogen-bond acceptors (Lipinski definition) is 2. The number of alkyl halides is 2. The molecule has 0 bridgehead atoms. The number of benzene rings is 1. The van der Waals surface area contributed by atoms with Crippen LogP contribution >= 0.6 is 11.6 Å². The van der Waals surface area contributed by atoms with E-state index in [0.717, 1.165) is 6.07 Å². The van der Waals surface area contributed by atoms with E-state index in [9.17, 15) is 13.9 Å². The van der Waals surface area contributed by atoms with E-state index in [-0.39, 0.29) is 16.1 Å². The van der Waals surface area contributed by atoms with Crippen LogP contribution in [0.3, 0.4) is 0 Å². The molecule has 0 radical (unpaired) electrons. The minimum Gasteiger partial charge on any atom is -0.382 e. The quantitative estimate of drug-likeness (QED) is 0.924. The lowest BCUT2D eigenvalue weighted by Crippen LogP contribution is -2.23. The molecule has 2 rings (SSSR count). The topological polar surface area (TPSA) is 33.1 Å². The molecule has 1 aromatic carbocycles. The Hall–Kier alpha value is -1.52. The van der Waals surface area contributed by atoms with E-state index in [1.165, 1.54) is 42.7 Å². The predicted octanol–water partition coefficient (Wildman–Crippen LogP) is 3.56. The van der Waals surface area contributed by atoms with E-state index < -0.39 is 12.0 Å². The van der Waals surface area contributed by atoms with Crippen LogP contribution in [-0.2, 0) is 5.92 Å². The average molecular weight is 270 g/mol. The smallest absolute Gasteiger partial charge is 0.302 e. The number of pyridine rings is 1. The molecule has 0 saturated carbocycles. The molecular weight excluding hydrogens is 260 g/mol. The number of aliphatic hydroxyl groups is 1. The summed E-state index contributed by atoms with van der Waals surface area (Å²) in [6, 6.07) is 8.18. The van der Waals surface area contributed by atoms with Gasteiger partial charge in [-0.2, -0.15) is 8.78 Å². The summed E-state index contributed by atoms with van der Waals surface area (Å²) in [6.07, 6.45) is 0.710. The van der Waals surface area contributed by atoms with Gasteiger partial charge in [-0.3, -0.25) is 4.98 Å². The first-order valence-electron chi connectivity index (χ1n) is 5.23. The fraction of sp³-hybridized carbons (Fsp3) is 0.154. The summed E-state index contributed by atoms with van der Waals surface area (Å²) < 4.78 is 28.2. The Morgan fingerprint density at radius 2 is 2.00 bits per heavy atom. The van der Waals surface area contributed by atoms with Crippen molar-refractivity contribution >= 4 is 11.6 Å². The number of aromatic nitrogens is 1. The number of halogens is 3. The van der Waals surface area contributed by atoms with Crippen LogP contribution in [0.5, 0.6) is 0 Å². The third-order valence-corrected chi connectivity index (χ3v) is 2.79. The van der Waals surface area contributed by atoms with Crippen molar-refractivity contribution in [1.82, 2.24) is 4.98 Å². The van der Waals surface area contributed by atoms with Crippen LogP contribution in [0.2, 0.25) is 5.02 Å². The van der Waals surface area contributed by atoms with Crippen molar-refractivity contribution in [3.05, 3.63) is 64.9 Å². The van der Waals surface area contributed by atoms with Gasteiger partial charge in [0.25, 0.3) is 0 Å². The Balaban J connectivity index is 2.36. The summed E-state index contributed by atoms with van der Waals surface area (Å²) in [7, 11) is 0. The van der Waals surface area contributed by atoms with E-state index in [1.54, 1.807) is 0 Å². The summed E-state index contributed by atoms with van der Waals surface area (Å²) in [4.78, 5) is 3.71. The highest BCUT2D eigenvalue weighted by Gasteiger charge is 2.41. The van der Waals surface area contributed by atoms with Crippen LogP contribution < -0.4 is 0 Å². The number of nitrogens with zero attached hydrogens (tertiary/aromatic N) is 1. The Morgan fingerprint density at radius 3 is 2.61 bits per heavy atom. The van der Waals surface area contributed by atoms with Crippen LogP contribution in [0.25, 0.3) is 0 Å². The molecule has 5 heteroatoms. The molecule has 1 atom stereocenters.